The summed E-state index contributed by atoms with van der Waals surface area (Å²) in [7, 11) is -4.16. The van der Waals surface area contributed by atoms with Gasteiger partial charge in [0.25, 0.3) is 5.91 Å². The second-order valence-corrected chi connectivity index (χ2v) is 11.0. The normalized spacial score (nSPS) is 20.8. The first-order valence-electron chi connectivity index (χ1n) is 9.25. The van der Waals surface area contributed by atoms with Gasteiger partial charge in [0.1, 0.15) is 18.4 Å². The van der Waals surface area contributed by atoms with Gasteiger partial charge in [-0.1, -0.05) is 5.92 Å². The van der Waals surface area contributed by atoms with E-state index in [2.05, 4.69) is 17.2 Å². The maximum absolute atomic E-state index is 13.4. The lowest BCUT2D eigenvalue weighted by Gasteiger charge is -2.46. The maximum atomic E-state index is 13.4. The van der Waals surface area contributed by atoms with Crippen molar-refractivity contribution in [3.05, 3.63) is 24.3 Å². The first kappa shape index (κ1) is 24.8. The van der Waals surface area contributed by atoms with Gasteiger partial charge in [-0.25, -0.2) is 18.7 Å². The highest BCUT2D eigenvalue weighted by atomic mass is 32.2. The molecule has 2 rings (SSSR count). The molecule has 170 valence electrons. The number of benzene rings is 1. The fraction of sp³-hybridized carbons (Fsp3) is 0.474. The molecule has 1 aliphatic heterocycles. The van der Waals surface area contributed by atoms with E-state index >= 15 is 0 Å². The molecule has 0 spiro atoms. The number of rotatable bonds is 7. The van der Waals surface area contributed by atoms with Crippen molar-refractivity contribution in [2.45, 2.75) is 41.7 Å². The molecule has 2 atom stereocenters. The van der Waals surface area contributed by atoms with E-state index in [9.17, 15) is 23.2 Å². The average molecular weight is 472 g/mol. The summed E-state index contributed by atoms with van der Waals surface area (Å²) in [5.74, 6) is 4.98. The number of hydrogen-bond donors (Lipinski definition) is 4. The second kappa shape index (κ2) is 10.2. The van der Waals surface area contributed by atoms with E-state index in [1.807, 2.05) is 0 Å². The standard InChI is InChI=1S/C19H25N3O7S2/c1-4-5-10-29-13-6-8-15(9-7-13)31(27,28)22-12-14(11-20-18(24)25)30-19(2,3)16(22)17(23)21-26/h6-9,14,16,20,26H,10-12H2,1-3H3,(H,21,23)(H,24,25)/t14-,16-/m0/s1. The number of sulfonamides is 1. The Balaban J connectivity index is 2.38. The van der Waals surface area contributed by atoms with Crippen molar-refractivity contribution < 1.29 is 33.1 Å². The fourth-order valence-electron chi connectivity index (χ4n) is 3.27. The summed E-state index contributed by atoms with van der Waals surface area (Å²) in [6.45, 7) is 5.04. The Morgan fingerprint density at radius 2 is 1.97 bits per heavy atom. The molecule has 10 nitrogen and oxygen atoms in total. The molecule has 1 fully saturated rings. The maximum Gasteiger partial charge on any atom is 0.404 e. The number of nitrogens with one attached hydrogen (secondary N) is 2. The smallest absolute Gasteiger partial charge is 0.404 e. The Labute approximate surface area is 185 Å². The summed E-state index contributed by atoms with van der Waals surface area (Å²) < 4.78 is 32.3. The third-order valence-electron chi connectivity index (χ3n) is 4.56. The highest BCUT2D eigenvalue weighted by Crippen LogP contribution is 2.42. The van der Waals surface area contributed by atoms with Crippen LogP contribution in [0.25, 0.3) is 0 Å². The lowest BCUT2D eigenvalue weighted by atomic mass is 10.0. The van der Waals surface area contributed by atoms with E-state index in [-0.39, 0.29) is 24.6 Å². The van der Waals surface area contributed by atoms with Gasteiger partial charge in [-0.2, -0.15) is 4.31 Å². The number of nitrogens with zero attached hydrogens (tertiary/aromatic N) is 1. The Morgan fingerprint density at radius 3 is 2.52 bits per heavy atom. The molecule has 1 aromatic rings. The van der Waals surface area contributed by atoms with E-state index in [1.165, 1.54) is 36.0 Å². The zero-order valence-electron chi connectivity index (χ0n) is 17.3. The molecule has 1 heterocycles. The number of carboxylic acid groups (broad SMARTS) is 1. The minimum Gasteiger partial charge on any atom is -0.481 e. The van der Waals surface area contributed by atoms with Crippen molar-refractivity contribution in [1.82, 2.24) is 15.1 Å². The molecule has 0 bridgehead atoms. The summed E-state index contributed by atoms with van der Waals surface area (Å²) in [5.41, 5.74) is 1.55. The van der Waals surface area contributed by atoms with Gasteiger partial charge in [-0.3, -0.25) is 10.0 Å². The van der Waals surface area contributed by atoms with E-state index in [0.717, 1.165) is 4.31 Å². The monoisotopic (exact) mass is 471 g/mol. The highest BCUT2D eigenvalue weighted by Gasteiger charge is 2.51. The van der Waals surface area contributed by atoms with Crippen LogP contribution in [0, 0.1) is 11.8 Å². The largest absolute Gasteiger partial charge is 0.481 e. The Morgan fingerprint density at radius 1 is 1.32 bits per heavy atom. The molecule has 4 N–H and O–H groups in total. The number of ether oxygens (including phenoxy) is 1. The van der Waals surface area contributed by atoms with Crippen molar-refractivity contribution in [2.75, 3.05) is 19.7 Å². The molecule has 31 heavy (non-hydrogen) atoms. The third kappa shape index (κ3) is 6.04. The quantitative estimate of drug-likeness (QED) is 0.263. The van der Waals surface area contributed by atoms with Gasteiger partial charge in [-0.05, 0) is 45.0 Å². The zero-order chi connectivity index (χ0) is 23.2. The van der Waals surface area contributed by atoms with Crippen LogP contribution in [0.5, 0.6) is 5.75 Å². The van der Waals surface area contributed by atoms with Crippen LogP contribution in [0.4, 0.5) is 4.79 Å². The van der Waals surface area contributed by atoms with Crippen LogP contribution in [0.15, 0.2) is 29.2 Å². The van der Waals surface area contributed by atoms with Crippen LogP contribution in [-0.2, 0) is 14.8 Å². The molecule has 0 aromatic heterocycles. The Hall–Kier alpha value is -2.46. The van der Waals surface area contributed by atoms with Crippen LogP contribution in [-0.4, -0.2) is 70.8 Å². The molecule has 1 aromatic carbocycles. The summed E-state index contributed by atoms with van der Waals surface area (Å²) >= 11 is 1.27. The lowest BCUT2D eigenvalue weighted by molar-refractivity contribution is -0.134. The SMILES string of the molecule is CC#CCOc1ccc(S(=O)(=O)N2C[C@H](CNC(=O)O)SC(C)(C)[C@@H]2C(=O)NO)cc1. The van der Waals surface area contributed by atoms with Crippen LogP contribution < -0.4 is 15.5 Å². The summed E-state index contributed by atoms with van der Waals surface area (Å²) in [5, 5.41) is 19.9. The third-order valence-corrected chi connectivity index (χ3v) is 7.88. The molecular weight excluding hydrogens is 446 g/mol. The Kier molecular flexibility index (Phi) is 8.19. The van der Waals surface area contributed by atoms with E-state index < -0.39 is 38.1 Å². The number of carbonyl (C=O) groups is 2. The van der Waals surface area contributed by atoms with E-state index in [0.29, 0.717) is 5.75 Å². The molecule has 0 unspecified atom stereocenters. The zero-order valence-corrected chi connectivity index (χ0v) is 18.9. The molecule has 0 saturated carbocycles. The average Bonchev–Trinajstić information content (AvgIpc) is 2.71. The fourth-order valence-corrected chi connectivity index (χ4v) is 6.82. The minimum absolute atomic E-state index is 0.00580. The number of hydrogen-bond acceptors (Lipinski definition) is 7. The summed E-state index contributed by atoms with van der Waals surface area (Å²) in [6, 6.07) is 4.47. The van der Waals surface area contributed by atoms with Crippen molar-refractivity contribution in [1.29, 1.82) is 0 Å². The van der Waals surface area contributed by atoms with Crippen LogP contribution in [0.1, 0.15) is 20.8 Å². The van der Waals surface area contributed by atoms with Gasteiger partial charge in [0.15, 0.2) is 0 Å². The van der Waals surface area contributed by atoms with E-state index in [1.54, 1.807) is 26.3 Å². The first-order chi connectivity index (χ1) is 14.5. The number of hydroxylamine groups is 1. The first-order valence-corrected chi connectivity index (χ1v) is 11.6. The van der Waals surface area contributed by atoms with Crippen LogP contribution >= 0.6 is 11.8 Å². The van der Waals surface area contributed by atoms with E-state index in [4.69, 9.17) is 9.84 Å². The number of carbonyl (C=O) groups excluding carboxylic acids is 1. The van der Waals surface area contributed by atoms with Crippen molar-refractivity contribution in [2.24, 2.45) is 0 Å². The van der Waals surface area contributed by atoms with Gasteiger partial charge < -0.3 is 15.2 Å². The molecule has 1 aliphatic rings. The summed E-state index contributed by atoms with van der Waals surface area (Å²) in [4.78, 5) is 23.2. The predicted octanol–water partition coefficient (Wildman–Crippen LogP) is 1.12. The number of thioether (sulfide) groups is 1. The van der Waals surface area contributed by atoms with Gasteiger partial charge in [0.05, 0.1) is 4.90 Å². The van der Waals surface area contributed by atoms with Crippen molar-refractivity contribution in [3.8, 4) is 17.6 Å². The van der Waals surface area contributed by atoms with Crippen molar-refractivity contribution >= 4 is 33.8 Å². The van der Waals surface area contributed by atoms with Crippen molar-refractivity contribution in [3.63, 3.8) is 0 Å². The molecule has 2 amide bonds. The van der Waals surface area contributed by atoms with Crippen LogP contribution in [0.2, 0.25) is 0 Å². The minimum atomic E-state index is -4.16. The Bertz CT molecular complexity index is 968. The number of amides is 2. The second-order valence-electron chi connectivity index (χ2n) is 7.17. The molecule has 0 aliphatic carbocycles. The molecule has 12 heteroatoms. The molecule has 0 radical (unpaired) electrons. The predicted molar refractivity (Wildman–Crippen MR) is 114 cm³/mol. The topological polar surface area (TPSA) is 145 Å². The van der Waals surface area contributed by atoms with Gasteiger partial charge >= 0.3 is 6.09 Å². The molecule has 1 saturated heterocycles. The highest BCUT2D eigenvalue weighted by molar-refractivity contribution is 8.01. The lowest BCUT2D eigenvalue weighted by Crippen LogP contribution is -2.63. The van der Waals surface area contributed by atoms with Gasteiger partial charge in [0.2, 0.25) is 10.0 Å². The van der Waals surface area contributed by atoms with Crippen LogP contribution in [0.3, 0.4) is 0 Å². The molecular formula is C19H25N3O7S2. The van der Waals surface area contributed by atoms with Gasteiger partial charge in [0, 0.05) is 23.1 Å². The van der Waals surface area contributed by atoms with Gasteiger partial charge in [-0.15, -0.1) is 17.7 Å². The summed E-state index contributed by atoms with van der Waals surface area (Å²) in [6.07, 6.45) is -1.23.